The molecule has 0 aliphatic carbocycles. The Balaban J connectivity index is 2.44. The van der Waals surface area contributed by atoms with E-state index in [2.05, 4.69) is 21.2 Å². The minimum atomic E-state index is -0.842. The second-order valence-electron chi connectivity index (χ2n) is 4.12. The molecule has 0 radical (unpaired) electrons. The second-order valence-corrected chi connectivity index (χ2v) is 4.90. The fourth-order valence-corrected chi connectivity index (χ4v) is 2.09. The number of hydrogen-bond donors (Lipinski definition) is 1. The maximum atomic E-state index is 11.9. The Kier molecular flexibility index (Phi) is 4.60. The highest BCUT2D eigenvalue weighted by Crippen LogP contribution is 2.39. The molecule has 1 N–H and O–H groups in total. The molecule has 10 nitrogen and oxygen atoms in total. The van der Waals surface area contributed by atoms with Crippen LogP contribution in [0.3, 0.4) is 0 Å². The van der Waals surface area contributed by atoms with E-state index in [1.165, 1.54) is 12.1 Å². The van der Waals surface area contributed by atoms with Crippen molar-refractivity contribution in [3.8, 4) is 5.75 Å². The van der Waals surface area contributed by atoms with Crippen LogP contribution < -0.4 is 10.1 Å². The maximum absolute atomic E-state index is 11.9. The van der Waals surface area contributed by atoms with E-state index in [-0.39, 0.29) is 11.4 Å². The van der Waals surface area contributed by atoms with Gasteiger partial charge in [-0.3, -0.25) is 25.0 Å². The average molecular weight is 386 g/mol. The van der Waals surface area contributed by atoms with Crippen LogP contribution in [0.15, 0.2) is 33.4 Å². The molecule has 2 rings (SSSR count). The van der Waals surface area contributed by atoms with E-state index >= 15 is 0 Å². The van der Waals surface area contributed by atoms with Crippen molar-refractivity contribution < 1.29 is 23.8 Å². The number of anilines is 1. The SMILES string of the molecule is COc1c([N+](=O)[O-])cc(NC(=O)c2ccc(Br)o2)cc1[N+](=O)[O-]. The van der Waals surface area contributed by atoms with Gasteiger partial charge in [-0.15, -0.1) is 0 Å². The van der Waals surface area contributed by atoms with E-state index < -0.39 is 32.9 Å². The third-order valence-electron chi connectivity index (χ3n) is 2.70. The third-order valence-corrected chi connectivity index (χ3v) is 3.13. The van der Waals surface area contributed by atoms with Crippen LogP contribution in [0.1, 0.15) is 10.6 Å². The number of nitro groups is 2. The number of amides is 1. The Morgan fingerprint density at radius 3 is 2.17 bits per heavy atom. The van der Waals surface area contributed by atoms with Gasteiger partial charge in [0.2, 0.25) is 0 Å². The highest BCUT2D eigenvalue weighted by Gasteiger charge is 2.28. The van der Waals surface area contributed by atoms with Crippen molar-refractivity contribution in [1.29, 1.82) is 0 Å². The highest BCUT2D eigenvalue weighted by atomic mass is 79.9. The van der Waals surface area contributed by atoms with Gasteiger partial charge >= 0.3 is 11.4 Å². The second kappa shape index (κ2) is 6.44. The number of furan rings is 1. The summed E-state index contributed by atoms with van der Waals surface area (Å²) >= 11 is 3.02. The number of carbonyl (C=O) groups is 1. The van der Waals surface area contributed by atoms with E-state index in [1.54, 1.807) is 0 Å². The Hall–Kier alpha value is -2.95. The Bertz CT molecular complexity index is 767. The third kappa shape index (κ3) is 3.45. The fraction of sp³-hybridized carbons (Fsp3) is 0.0833. The first-order valence-corrected chi connectivity index (χ1v) is 6.70. The lowest BCUT2D eigenvalue weighted by Gasteiger charge is -2.07. The lowest BCUT2D eigenvalue weighted by atomic mass is 10.2. The van der Waals surface area contributed by atoms with Crippen molar-refractivity contribution in [1.82, 2.24) is 0 Å². The topological polar surface area (TPSA) is 138 Å². The minimum absolute atomic E-state index is 0.0713. The van der Waals surface area contributed by atoms with Crippen LogP contribution in [0.25, 0.3) is 0 Å². The average Bonchev–Trinajstić information content (AvgIpc) is 2.92. The quantitative estimate of drug-likeness (QED) is 0.615. The van der Waals surface area contributed by atoms with Crippen molar-refractivity contribution >= 4 is 38.9 Å². The van der Waals surface area contributed by atoms with E-state index in [1.807, 2.05) is 0 Å². The number of nitrogens with one attached hydrogen (secondary N) is 1. The van der Waals surface area contributed by atoms with Crippen LogP contribution in [-0.2, 0) is 0 Å². The summed E-state index contributed by atoms with van der Waals surface area (Å²) in [5, 5.41) is 24.4. The number of methoxy groups -OCH3 is 1. The summed E-state index contributed by atoms with van der Waals surface area (Å²) in [6.45, 7) is 0. The molecule has 0 aliphatic rings. The number of halogens is 1. The first-order valence-electron chi connectivity index (χ1n) is 5.91. The van der Waals surface area contributed by atoms with Gasteiger partial charge in [0.05, 0.1) is 22.6 Å². The number of ether oxygens (including phenoxy) is 1. The van der Waals surface area contributed by atoms with Gasteiger partial charge in [-0.1, -0.05) is 0 Å². The van der Waals surface area contributed by atoms with E-state index in [0.29, 0.717) is 4.67 Å². The van der Waals surface area contributed by atoms with Crippen molar-refractivity contribution in [2.45, 2.75) is 0 Å². The first-order chi connectivity index (χ1) is 10.8. The standard InChI is InChI=1S/C12H8BrN3O7/c1-22-11-7(15(18)19)4-6(5-8(11)16(20)21)14-12(17)9-2-3-10(13)23-9/h2-5H,1H3,(H,14,17). The number of nitro benzene ring substituents is 2. The number of rotatable bonds is 5. The van der Waals surface area contributed by atoms with Gasteiger partial charge in [0, 0.05) is 12.1 Å². The Morgan fingerprint density at radius 2 is 1.78 bits per heavy atom. The molecule has 2 aromatic rings. The van der Waals surface area contributed by atoms with Crippen molar-refractivity contribution in [2.75, 3.05) is 12.4 Å². The molecule has 11 heteroatoms. The number of nitrogens with zero attached hydrogens (tertiary/aromatic N) is 2. The van der Waals surface area contributed by atoms with E-state index in [0.717, 1.165) is 19.2 Å². The van der Waals surface area contributed by atoms with E-state index in [4.69, 9.17) is 9.15 Å². The van der Waals surface area contributed by atoms with Crippen LogP contribution >= 0.6 is 15.9 Å². The molecule has 1 amide bonds. The summed E-state index contributed by atoms with van der Waals surface area (Å²) in [4.78, 5) is 32.3. The molecule has 0 bridgehead atoms. The summed E-state index contributed by atoms with van der Waals surface area (Å²) in [5.41, 5.74) is -1.42. The Morgan fingerprint density at radius 1 is 1.22 bits per heavy atom. The molecule has 1 aromatic carbocycles. The van der Waals surface area contributed by atoms with Gasteiger partial charge in [0.15, 0.2) is 10.4 Å². The van der Waals surface area contributed by atoms with Gasteiger partial charge in [0.1, 0.15) is 0 Å². The van der Waals surface area contributed by atoms with Crippen LogP contribution in [-0.4, -0.2) is 22.9 Å². The molecule has 0 fully saturated rings. The molecular formula is C12H8BrN3O7. The summed E-state index contributed by atoms with van der Waals surface area (Å²) in [5.74, 6) is -1.29. The fourth-order valence-electron chi connectivity index (χ4n) is 1.78. The summed E-state index contributed by atoms with van der Waals surface area (Å²) in [6.07, 6.45) is 0. The summed E-state index contributed by atoms with van der Waals surface area (Å²) < 4.78 is 10.1. The maximum Gasteiger partial charge on any atom is 0.320 e. The predicted molar refractivity (Wildman–Crippen MR) is 80.7 cm³/mol. The van der Waals surface area contributed by atoms with Crippen LogP contribution in [0.5, 0.6) is 5.75 Å². The molecule has 0 aliphatic heterocycles. The molecule has 120 valence electrons. The number of hydrogen-bond acceptors (Lipinski definition) is 7. The normalized spacial score (nSPS) is 10.2. The predicted octanol–water partition coefficient (Wildman–Crippen LogP) is 3.12. The molecule has 0 spiro atoms. The number of benzene rings is 1. The zero-order valence-electron chi connectivity index (χ0n) is 11.4. The molecule has 1 aromatic heterocycles. The number of carbonyl (C=O) groups excluding carboxylic acids is 1. The highest BCUT2D eigenvalue weighted by molar-refractivity contribution is 9.10. The van der Waals surface area contributed by atoms with Crippen LogP contribution in [0.2, 0.25) is 0 Å². The lowest BCUT2D eigenvalue weighted by molar-refractivity contribution is -0.395. The van der Waals surface area contributed by atoms with Crippen molar-refractivity contribution in [3.05, 3.63) is 54.9 Å². The van der Waals surface area contributed by atoms with Crippen LogP contribution in [0.4, 0.5) is 17.1 Å². The molecule has 0 atom stereocenters. The smallest absolute Gasteiger partial charge is 0.320 e. The first kappa shape index (κ1) is 16.4. The minimum Gasteiger partial charge on any atom is -0.485 e. The summed E-state index contributed by atoms with van der Waals surface area (Å²) in [7, 11) is 1.08. The lowest BCUT2D eigenvalue weighted by Crippen LogP contribution is -2.11. The van der Waals surface area contributed by atoms with Gasteiger partial charge in [-0.25, -0.2) is 0 Å². The largest absolute Gasteiger partial charge is 0.485 e. The van der Waals surface area contributed by atoms with Gasteiger partial charge in [0.25, 0.3) is 11.7 Å². The molecule has 23 heavy (non-hydrogen) atoms. The molecular weight excluding hydrogens is 378 g/mol. The van der Waals surface area contributed by atoms with Gasteiger partial charge in [-0.2, -0.15) is 0 Å². The van der Waals surface area contributed by atoms with Crippen LogP contribution in [0, 0.1) is 20.2 Å². The zero-order valence-corrected chi connectivity index (χ0v) is 13.0. The Labute approximate surface area is 136 Å². The monoisotopic (exact) mass is 385 g/mol. The van der Waals surface area contributed by atoms with Gasteiger partial charge < -0.3 is 14.5 Å². The van der Waals surface area contributed by atoms with E-state index in [9.17, 15) is 25.0 Å². The van der Waals surface area contributed by atoms with Crippen molar-refractivity contribution in [3.63, 3.8) is 0 Å². The summed E-state index contributed by atoms with van der Waals surface area (Å²) in [6, 6.07) is 4.77. The molecule has 0 saturated carbocycles. The zero-order chi connectivity index (χ0) is 17.1. The molecule has 1 heterocycles. The van der Waals surface area contributed by atoms with Gasteiger partial charge in [-0.05, 0) is 28.1 Å². The molecule has 0 saturated heterocycles. The van der Waals surface area contributed by atoms with Crippen molar-refractivity contribution in [2.24, 2.45) is 0 Å². The molecule has 0 unspecified atom stereocenters.